The molecule has 0 fully saturated rings. The number of aromatic nitrogens is 2. The summed E-state index contributed by atoms with van der Waals surface area (Å²) in [7, 11) is 0. The Kier molecular flexibility index (Phi) is 4.35. The lowest BCUT2D eigenvalue weighted by Gasteiger charge is -2.00. The van der Waals surface area contributed by atoms with Crippen molar-refractivity contribution < 1.29 is 26.2 Å². The Morgan fingerprint density at radius 3 is 2.55 bits per heavy atom. The van der Waals surface area contributed by atoms with Gasteiger partial charge in [0.1, 0.15) is 11.9 Å². The fourth-order valence-electron chi connectivity index (χ4n) is 2.30. The smallest absolute Gasteiger partial charge is 0.286 e. The van der Waals surface area contributed by atoms with Crippen molar-refractivity contribution in [2.75, 3.05) is 0 Å². The van der Waals surface area contributed by atoms with Crippen LogP contribution in [0.15, 0.2) is 60.9 Å². The number of Topliss-reactive ketones (excluding diaryl/α,β-unsaturated/α-hetero) is 1. The van der Waals surface area contributed by atoms with Crippen molar-refractivity contribution in [2.24, 2.45) is 0 Å². The molecule has 102 valence electrons. The van der Waals surface area contributed by atoms with Gasteiger partial charge in [-0.2, -0.15) is 0 Å². The summed E-state index contributed by atoms with van der Waals surface area (Å²) in [6.45, 7) is 2.39. The number of benzene rings is 1. The van der Waals surface area contributed by atoms with Crippen molar-refractivity contribution in [3.8, 4) is 0 Å². The van der Waals surface area contributed by atoms with Crippen molar-refractivity contribution in [1.82, 2.24) is 4.57 Å². The normalized spacial score (nSPS) is 10.2. The maximum Gasteiger partial charge on any atom is 0.286 e. The Balaban J connectivity index is 0.00000147. The van der Waals surface area contributed by atoms with Gasteiger partial charge in [0.2, 0.25) is 5.78 Å². The number of fused-ring (bicyclic) bond motifs is 1. The molecule has 0 aliphatic carbocycles. The van der Waals surface area contributed by atoms with Crippen molar-refractivity contribution in [3.05, 3.63) is 72.2 Å². The van der Waals surface area contributed by atoms with Gasteiger partial charge in [0, 0.05) is 18.6 Å². The van der Waals surface area contributed by atoms with E-state index in [0.29, 0.717) is 6.54 Å². The van der Waals surface area contributed by atoms with Gasteiger partial charge in [-0.3, -0.25) is 4.79 Å². The molecule has 2 aromatic heterocycles. The van der Waals surface area contributed by atoms with E-state index in [4.69, 9.17) is 0 Å². The molecule has 0 aliphatic rings. The van der Waals surface area contributed by atoms with E-state index in [1.165, 1.54) is 0 Å². The average molecular weight is 331 g/mol. The van der Waals surface area contributed by atoms with Crippen LogP contribution >= 0.6 is 0 Å². The molecular formula is C16H15BrN2O. The third-order valence-electron chi connectivity index (χ3n) is 3.29. The third-order valence-corrected chi connectivity index (χ3v) is 3.29. The molecule has 20 heavy (non-hydrogen) atoms. The molecule has 0 N–H and O–H groups in total. The quantitative estimate of drug-likeness (QED) is 0.466. The van der Waals surface area contributed by atoms with E-state index >= 15 is 0 Å². The Bertz CT molecular complexity index is 735. The van der Waals surface area contributed by atoms with E-state index < -0.39 is 0 Å². The number of halogens is 1. The fraction of sp³-hybridized carbons (Fsp3) is 0.125. The molecule has 3 rings (SSSR count). The van der Waals surface area contributed by atoms with Crippen LogP contribution in [0, 0.1) is 6.92 Å². The predicted octanol–water partition coefficient (Wildman–Crippen LogP) is -0.578. The minimum absolute atomic E-state index is 0. The van der Waals surface area contributed by atoms with Crippen LogP contribution in [0.2, 0.25) is 0 Å². The second-order valence-electron chi connectivity index (χ2n) is 4.61. The van der Waals surface area contributed by atoms with Gasteiger partial charge in [0.15, 0.2) is 6.54 Å². The molecule has 4 heteroatoms. The van der Waals surface area contributed by atoms with Crippen LogP contribution in [0.25, 0.3) is 5.65 Å². The Morgan fingerprint density at radius 2 is 1.80 bits per heavy atom. The molecule has 0 radical (unpaired) electrons. The first kappa shape index (κ1) is 14.5. The van der Waals surface area contributed by atoms with Crippen molar-refractivity contribution in [2.45, 2.75) is 13.5 Å². The Hall–Kier alpha value is -1.94. The van der Waals surface area contributed by atoms with Crippen LogP contribution in [-0.4, -0.2) is 10.4 Å². The number of hydrogen-bond acceptors (Lipinski definition) is 1. The summed E-state index contributed by atoms with van der Waals surface area (Å²) in [4.78, 5) is 12.3. The zero-order chi connectivity index (χ0) is 13.2. The summed E-state index contributed by atoms with van der Waals surface area (Å²) in [5.41, 5.74) is 2.87. The topological polar surface area (TPSA) is 26.1 Å². The first-order chi connectivity index (χ1) is 9.25. The van der Waals surface area contributed by atoms with Crippen molar-refractivity contribution in [3.63, 3.8) is 0 Å². The van der Waals surface area contributed by atoms with Crippen LogP contribution in [-0.2, 0) is 6.54 Å². The molecule has 3 aromatic rings. The van der Waals surface area contributed by atoms with Gasteiger partial charge in [-0.25, -0.2) is 8.97 Å². The Labute approximate surface area is 128 Å². The van der Waals surface area contributed by atoms with E-state index in [2.05, 4.69) is 0 Å². The number of imidazole rings is 1. The number of pyridine rings is 1. The molecule has 1 aromatic carbocycles. The lowest BCUT2D eigenvalue weighted by atomic mass is 10.1. The summed E-state index contributed by atoms with van der Waals surface area (Å²) in [5, 5.41) is 0. The van der Waals surface area contributed by atoms with Gasteiger partial charge >= 0.3 is 0 Å². The van der Waals surface area contributed by atoms with Gasteiger partial charge < -0.3 is 17.0 Å². The molecule has 0 aliphatic heterocycles. The SMILES string of the molecule is Cc1c[n+]2ccccc2n1CC(=O)c1ccccc1.[Br-]. The van der Waals surface area contributed by atoms with Gasteiger partial charge in [-0.05, 0) is 6.07 Å². The second kappa shape index (κ2) is 6.01. The summed E-state index contributed by atoms with van der Waals surface area (Å²) in [5.74, 6) is 0.130. The zero-order valence-electron chi connectivity index (χ0n) is 11.2. The Morgan fingerprint density at radius 1 is 1.10 bits per heavy atom. The van der Waals surface area contributed by atoms with Gasteiger partial charge in [0.05, 0.1) is 6.20 Å². The maximum atomic E-state index is 12.3. The molecule has 0 bridgehead atoms. The van der Waals surface area contributed by atoms with Gasteiger partial charge in [-0.15, -0.1) is 0 Å². The fourth-order valence-corrected chi connectivity index (χ4v) is 2.30. The summed E-state index contributed by atoms with van der Waals surface area (Å²) in [6, 6.07) is 15.4. The number of ketones is 1. The molecule has 0 saturated carbocycles. The number of rotatable bonds is 3. The maximum absolute atomic E-state index is 12.3. The minimum atomic E-state index is 0. The summed E-state index contributed by atoms with van der Waals surface area (Å²) in [6.07, 6.45) is 4.03. The van der Waals surface area contributed by atoms with E-state index in [9.17, 15) is 4.79 Å². The van der Waals surface area contributed by atoms with E-state index in [-0.39, 0.29) is 22.8 Å². The third kappa shape index (κ3) is 2.65. The number of carbonyl (C=O) groups excluding carboxylic acids is 1. The van der Waals surface area contributed by atoms with Crippen LogP contribution in [0.3, 0.4) is 0 Å². The highest BCUT2D eigenvalue weighted by Crippen LogP contribution is 2.08. The molecule has 0 amide bonds. The standard InChI is InChI=1S/C16H15N2O.BrH/c1-13-11-17-10-6-5-9-16(17)18(13)12-15(19)14-7-3-2-4-8-14;/h2-11H,12H2,1H3;1H/q+1;/p-1. The van der Waals surface area contributed by atoms with Crippen LogP contribution in [0.4, 0.5) is 0 Å². The lowest BCUT2D eigenvalue weighted by molar-refractivity contribution is -0.510. The highest BCUT2D eigenvalue weighted by Gasteiger charge is 2.17. The number of nitrogens with zero attached hydrogens (tertiary/aromatic N) is 2. The second-order valence-corrected chi connectivity index (χ2v) is 4.61. The largest absolute Gasteiger partial charge is 1.00 e. The molecule has 2 heterocycles. The molecule has 0 saturated heterocycles. The number of hydrogen-bond donors (Lipinski definition) is 0. The van der Waals surface area contributed by atoms with Crippen LogP contribution in [0.5, 0.6) is 0 Å². The van der Waals surface area contributed by atoms with Crippen LogP contribution in [0.1, 0.15) is 16.1 Å². The average Bonchev–Trinajstić information content (AvgIpc) is 2.76. The van der Waals surface area contributed by atoms with E-state index in [1.807, 2.05) is 76.8 Å². The number of carbonyl (C=O) groups is 1. The lowest BCUT2D eigenvalue weighted by Crippen LogP contribution is -3.00. The molecular weight excluding hydrogens is 316 g/mol. The summed E-state index contributed by atoms with van der Waals surface area (Å²) >= 11 is 0. The van der Waals surface area contributed by atoms with Crippen molar-refractivity contribution in [1.29, 1.82) is 0 Å². The number of aryl methyl sites for hydroxylation is 1. The molecule has 0 atom stereocenters. The minimum Gasteiger partial charge on any atom is -1.00 e. The van der Waals surface area contributed by atoms with E-state index in [0.717, 1.165) is 16.9 Å². The van der Waals surface area contributed by atoms with Crippen LogP contribution < -0.4 is 21.4 Å². The predicted molar refractivity (Wildman–Crippen MR) is 73.1 cm³/mol. The first-order valence-corrected chi connectivity index (χ1v) is 6.30. The monoisotopic (exact) mass is 330 g/mol. The molecule has 0 spiro atoms. The van der Waals surface area contributed by atoms with Crippen molar-refractivity contribution >= 4 is 11.4 Å². The van der Waals surface area contributed by atoms with E-state index in [1.54, 1.807) is 0 Å². The highest BCUT2D eigenvalue weighted by atomic mass is 79.9. The van der Waals surface area contributed by atoms with Gasteiger partial charge in [-0.1, -0.05) is 36.4 Å². The molecule has 0 unspecified atom stereocenters. The zero-order valence-corrected chi connectivity index (χ0v) is 12.7. The van der Waals surface area contributed by atoms with Gasteiger partial charge in [0.25, 0.3) is 5.65 Å². The first-order valence-electron chi connectivity index (χ1n) is 6.30. The highest BCUT2D eigenvalue weighted by molar-refractivity contribution is 5.96. The molecule has 3 nitrogen and oxygen atoms in total. The summed E-state index contributed by atoms with van der Waals surface area (Å²) < 4.78 is 4.07.